The van der Waals surface area contributed by atoms with E-state index in [1.807, 2.05) is 43.5 Å². The molecular formula is C17H17N3O2. The van der Waals surface area contributed by atoms with Crippen LogP contribution in [0, 0.1) is 13.8 Å². The van der Waals surface area contributed by atoms with Crippen LogP contribution in [0.1, 0.15) is 27.4 Å². The van der Waals surface area contributed by atoms with Crippen LogP contribution in [0.5, 0.6) is 0 Å². The van der Waals surface area contributed by atoms with Gasteiger partial charge < -0.3 is 9.73 Å². The van der Waals surface area contributed by atoms with Crippen molar-refractivity contribution in [3.05, 3.63) is 71.3 Å². The first-order chi connectivity index (χ1) is 10.6. The number of hydrogen-bond donors (Lipinski definition) is 1. The molecule has 5 heteroatoms. The molecule has 0 saturated heterocycles. The van der Waals surface area contributed by atoms with Gasteiger partial charge in [-0.05, 0) is 25.5 Å². The molecule has 3 rings (SSSR count). The summed E-state index contributed by atoms with van der Waals surface area (Å²) in [6, 6.07) is 13.5. The molecule has 5 nitrogen and oxygen atoms in total. The number of hydrogen-bond acceptors (Lipinski definition) is 3. The molecule has 22 heavy (non-hydrogen) atoms. The van der Waals surface area contributed by atoms with Gasteiger partial charge in [-0.15, -0.1) is 0 Å². The lowest BCUT2D eigenvalue weighted by Gasteiger charge is -2.02. The first-order valence-corrected chi connectivity index (χ1v) is 7.07. The Hall–Kier alpha value is -2.82. The Balaban J connectivity index is 1.69. The molecule has 0 bridgehead atoms. The second-order valence-corrected chi connectivity index (χ2v) is 5.17. The van der Waals surface area contributed by atoms with E-state index in [4.69, 9.17) is 4.42 Å². The van der Waals surface area contributed by atoms with Crippen LogP contribution in [0.4, 0.5) is 5.82 Å². The molecule has 0 aliphatic heterocycles. The minimum absolute atomic E-state index is 0.209. The number of anilines is 1. The number of carbonyl (C=O) groups is 1. The van der Waals surface area contributed by atoms with E-state index in [0.717, 1.165) is 11.3 Å². The molecule has 0 radical (unpaired) electrons. The number of aryl methyl sites for hydroxylation is 2. The molecule has 0 saturated carbocycles. The quantitative estimate of drug-likeness (QED) is 0.802. The molecule has 3 aromatic rings. The fourth-order valence-electron chi connectivity index (χ4n) is 2.33. The number of nitrogens with zero attached hydrogens (tertiary/aromatic N) is 2. The van der Waals surface area contributed by atoms with Crippen molar-refractivity contribution >= 4 is 11.7 Å². The summed E-state index contributed by atoms with van der Waals surface area (Å²) in [5.41, 5.74) is 1.69. The molecule has 0 unspecified atom stereocenters. The van der Waals surface area contributed by atoms with E-state index < -0.39 is 0 Å². The fraction of sp³-hybridized carbons (Fsp3) is 0.176. The molecule has 0 spiro atoms. The van der Waals surface area contributed by atoms with Crippen molar-refractivity contribution in [3.8, 4) is 0 Å². The molecule has 2 aromatic heterocycles. The average molecular weight is 295 g/mol. The van der Waals surface area contributed by atoms with Gasteiger partial charge in [-0.1, -0.05) is 30.3 Å². The Morgan fingerprint density at radius 2 is 2.00 bits per heavy atom. The maximum atomic E-state index is 12.2. The smallest absolute Gasteiger partial charge is 0.260 e. The van der Waals surface area contributed by atoms with Crippen molar-refractivity contribution in [2.45, 2.75) is 20.4 Å². The zero-order valence-electron chi connectivity index (χ0n) is 12.5. The first-order valence-electron chi connectivity index (χ1n) is 7.07. The summed E-state index contributed by atoms with van der Waals surface area (Å²) in [4.78, 5) is 12.2. The zero-order valence-corrected chi connectivity index (χ0v) is 12.5. The van der Waals surface area contributed by atoms with Gasteiger partial charge in [-0.3, -0.25) is 9.48 Å². The summed E-state index contributed by atoms with van der Waals surface area (Å²) < 4.78 is 7.16. The highest BCUT2D eigenvalue weighted by Crippen LogP contribution is 2.15. The molecule has 1 amide bonds. The number of nitrogens with one attached hydrogen (secondary N) is 1. The lowest BCUT2D eigenvalue weighted by atomic mass is 10.2. The molecular weight excluding hydrogens is 278 g/mol. The molecule has 2 heterocycles. The minimum atomic E-state index is -0.209. The van der Waals surface area contributed by atoms with Gasteiger partial charge >= 0.3 is 0 Å². The number of rotatable bonds is 4. The third-order valence-electron chi connectivity index (χ3n) is 3.36. The van der Waals surface area contributed by atoms with Gasteiger partial charge in [0.05, 0.1) is 12.1 Å². The van der Waals surface area contributed by atoms with Crippen LogP contribution < -0.4 is 5.32 Å². The van der Waals surface area contributed by atoms with E-state index in [0.29, 0.717) is 23.7 Å². The lowest BCUT2D eigenvalue weighted by molar-refractivity contribution is 0.102. The van der Waals surface area contributed by atoms with E-state index >= 15 is 0 Å². The molecule has 0 aliphatic rings. The topological polar surface area (TPSA) is 60.1 Å². The van der Waals surface area contributed by atoms with Crippen molar-refractivity contribution in [2.75, 3.05) is 5.32 Å². The molecule has 0 atom stereocenters. The highest BCUT2D eigenvalue weighted by atomic mass is 16.3. The van der Waals surface area contributed by atoms with Crippen LogP contribution >= 0.6 is 0 Å². The maximum Gasteiger partial charge on any atom is 0.260 e. The number of amides is 1. The van der Waals surface area contributed by atoms with Gasteiger partial charge in [0.25, 0.3) is 5.91 Å². The summed E-state index contributed by atoms with van der Waals surface area (Å²) in [7, 11) is 0. The van der Waals surface area contributed by atoms with Crippen LogP contribution in [0.25, 0.3) is 0 Å². The highest BCUT2D eigenvalue weighted by Gasteiger charge is 2.14. The fourth-order valence-corrected chi connectivity index (χ4v) is 2.33. The summed E-state index contributed by atoms with van der Waals surface area (Å²) in [5.74, 6) is 1.65. The molecule has 1 N–H and O–H groups in total. The maximum absolute atomic E-state index is 12.2. The average Bonchev–Trinajstić information content (AvgIpc) is 3.06. The largest absolute Gasteiger partial charge is 0.466 e. The Morgan fingerprint density at radius 3 is 2.68 bits per heavy atom. The lowest BCUT2D eigenvalue weighted by Crippen LogP contribution is -2.13. The predicted molar refractivity (Wildman–Crippen MR) is 83.9 cm³/mol. The van der Waals surface area contributed by atoms with E-state index in [1.165, 1.54) is 0 Å². The van der Waals surface area contributed by atoms with Crippen LogP contribution in [-0.2, 0) is 6.54 Å². The van der Waals surface area contributed by atoms with Crippen molar-refractivity contribution in [1.29, 1.82) is 0 Å². The van der Waals surface area contributed by atoms with E-state index in [2.05, 4.69) is 10.4 Å². The second kappa shape index (κ2) is 5.89. The predicted octanol–water partition coefficient (Wildman–Crippen LogP) is 3.39. The van der Waals surface area contributed by atoms with Crippen LogP contribution in [-0.4, -0.2) is 15.7 Å². The van der Waals surface area contributed by atoms with Crippen molar-refractivity contribution in [3.63, 3.8) is 0 Å². The Labute approximate surface area is 128 Å². The zero-order chi connectivity index (χ0) is 15.5. The normalized spacial score (nSPS) is 10.6. The van der Waals surface area contributed by atoms with Gasteiger partial charge in [-0.25, -0.2) is 0 Å². The summed E-state index contributed by atoms with van der Waals surface area (Å²) in [5, 5.41) is 7.15. The molecule has 112 valence electrons. The van der Waals surface area contributed by atoms with E-state index in [9.17, 15) is 4.79 Å². The molecule has 0 aliphatic carbocycles. The first kappa shape index (κ1) is 14.1. The van der Waals surface area contributed by atoms with Gasteiger partial charge in [0, 0.05) is 12.3 Å². The highest BCUT2D eigenvalue weighted by molar-refractivity contribution is 6.04. The number of carbonyl (C=O) groups excluding carboxylic acids is 1. The monoisotopic (exact) mass is 295 g/mol. The van der Waals surface area contributed by atoms with Crippen molar-refractivity contribution < 1.29 is 9.21 Å². The number of aromatic nitrogens is 2. The Bertz CT molecular complexity index is 787. The molecule has 0 fully saturated rings. The van der Waals surface area contributed by atoms with E-state index in [-0.39, 0.29) is 5.91 Å². The van der Waals surface area contributed by atoms with E-state index in [1.54, 1.807) is 23.7 Å². The summed E-state index contributed by atoms with van der Waals surface area (Å²) in [6.07, 6.45) is 1.84. The van der Waals surface area contributed by atoms with Gasteiger partial charge in [-0.2, -0.15) is 5.10 Å². The summed E-state index contributed by atoms with van der Waals surface area (Å²) in [6.45, 7) is 4.26. The van der Waals surface area contributed by atoms with Crippen molar-refractivity contribution in [2.24, 2.45) is 0 Å². The third-order valence-corrected chi connectivity index (χ3v) is 3.36. The van der Waals surface area contributed by atoms with Gasteiger partial charge in [0.1, 0.15) is 11.5 Å². The van der Waals surface area contributed by atoms with Gasteiger partial charge in [0.15, 0.2) is 5.82 Å². The Morgan fingerprint density at radius 1 is 1.23 bits per heavy atom. The number of benzene rings is 1. The van der Waals surface area contributed by atoms with Crippen LogP contribution in [0.3, 0.4) is 0 Å². The minimum Gasteiger partial charge on any atom is -0.466 e. The van der Waals surface area contributed by atoms with Gasteiger partial charge in [0.2, 0.25) is 0 Å². The van der Waals surface area contributed by atoms with Crippen LogP contribution in [0.15, 0.2) is 53.1 Å². The Kier molecular flexibility index (Phi) is 3.78. The third kappa shape index (κ3) is 3.09. The summed E-state index contributed by atoms with van der Waals surface area (Å²) >= 11 is 0. The SMILES string of the molecule is Cc1cc(C(=O)Nc2ccn(Cc3ccccc3)n2)c(C)o1. The second-order valence-electron chi connectivity index (χ2n) is 5.17. The number of furan rings is 1. The van der Waals surface area contributed by atoms with Crippen LogP contribution in [0.2, 0.25) is 0 Å². The van der Waals surface area contributed by atoms with Crippen molar-refractivity contribution in [1.82, 2.24) is 9.78 Å². The molecule has 1 aromatic carbocycles. The standard InChI is InChI=1S/C17H17N3O2/c1-12-10-15(13(2)22-12)17(21)18-16-8-9-20(19-16)11-14-6-4-3-5-7-14/h3-10H,11H2,1-2H3,(H,18,19,21).